The fourth-order valence-corrected chi connectivity index (χ4v) is 5.70. The van der Waals surface area contributed by atoms with Gasteiger partial charge >= 0.3 is 5.97 Å². The van der Waals surface area contributed by atoms with Crippen molar-refractivity contribution in [2.45, 2.75) is 31.8 Å². The number of hydrogen-bond acceptors (Lipinski definition) is 5. The smallest absolute Gasteiger partial charge is 0.313 e. The second-order valence-electron chi connectivity index (χ2n) is 7.24. The van der Waals surface area contributed by atoms with E-state index in [0.29, 0.717) is 24.4 Å². The fraction of sp³-hybridized carbons (Fsp3) is 0.611. The molecule has 2 N–H and O–H groups in total. The van der Waals surface area contributed by atoms with Crippen molar-refractivity contribution in [3.63, 3.8) is 0 Å². The van der Waals surface area contributed by atoms with Gasteiger partial charge < -0.3 is 14.9 Å². The predicted molar refractivity (Wildman–Crippen MR) is 98.7 cm³/mol. The van der Waals surface area contributed by atoms with E-state index in [1.54, 1.807) is 24.3 Å². The van der Waals surface area contributed by atoms with Gasteiger partial charge in [0.25, 0.3) is 10.2 Å². The van der Waals surface area contributed by atoms with E-state index in [0.717, 1.165) is 12.8 Å². The van der Waals surface area contributed by atoms with Crippen molar-refractivity contribution >= 4 is 16.2 Å². The lowest BCUT2D eigenvalue weighted by Gasteiger charge is -2.43. The molecule has 0 spiro atoms. The maximum atomic E-state index is 12.9. The van der Waals surface area contributed by atoms with Gasteiger partial charge in [-0.3, -0.25) is 4.79 Å². The molecule has 0 saturated carbocycles. The summed E-state index contributed by atoms with van der Waals surface area (Å²) in [5.41, 5.74) is -0.923. The van der Waals surface area contributed by atoms with Gasteiger partial charge in [0, 0.05) is 26.2 Å². The molecule has 0 bridgehead atoms. The van der Waals surface area contributed by atoms with Crippen LogP contribution in [0.2, 0.25) is 0 Å². The number of benzene rings is 1. The maximum absolute atomic E-state index is 12.9. The van der Waals surface area contributed by atoms with Crippen LogP contribution in [0.3, 0.4) is 0 Å². The Morgan fingerprint density at radius 3 is 2.59 bits per heavy atom. The van der Waals surface area contributed by atoms with Crippen molar-refractivity contribution in [3.05, 3.63) is 29.8 Å². The van der Waals surface area contributed by atoms with Crippen LogP contribution in [0, 0.1) is 5.41 Å². The van der Waals surface area contributed by atoms with E-state index in [2.05, 4.69) is 0 Å². The number of rotatable bonds is 6. The van der Waals surface area contributed by atoms with E-state index in [1.807, 2.05) is 0 Å². The Morgan fingerprint density at radius 1 is 1.26 bits per heavy atom. The number of piperidine rings is 1. The zero-order chi connectivity index (χ0) is 19.7. The summed E-state index contributed by atoms with van der Waals surface area (Å²) in [7, 11) is -2.21. The highest BCUT2D eigenvalue weighted by Crippen LogP contribution is 2.37. The van der Waals surface area contributed by atoms with Crippen molar-refractivity contribution in [1.82, 2.24) is 8.61 Å². The van der Waals surface area contributed by atoms with Gasteiger partial charge in [-0.15, -0.1) is 0 Å². The Hall–Kier alpha value is -1.68. The van der Waals surface area contributed by atoms with Gasteiger partial charge in [0.2, 0.25) is 0 Å². The number of hydrogen-bond donors (Lipinski definition) is 2. The minimum atomic E-state index is -3.73. The first-order chi connectivity index (χ1) is 12.8. The van der Waals surface area contributed by atoms with Crippen molar-refractivity contribution in [2.24, 2.45) is 5.41 Å². The summed E-state index contributed by atoms with van der Waals surface area (Å²) in [5, 5.41) is 20.5. The van der Waals surface area contributed by atoms with Crippen molar-refractivity contribution in [2.75, 3.05) is 33.3 Å². The quantitative estimate of drug-likeness (QED) is 0.731. The molecule has 0 radical (unpaired) electrons. The Balaban J connectivity index is 1.91. The van der Waals surface area contributed by atoms with Gasteiger partial charge in [0.05, 0.1) is 13.2 Å². The molecule has 3 rings (SSSR count). The number of nitrogens with zero attached hydrogens (tertiary/aromatic N) is 2. The van der Waals surface area contributed by atoms with Gasteiger partial charge in [-0.25, -0.2) is 0 Å². The summed E-state index contributed by atoms with van der Waals surface area (Å²) >= 11 is 0. The fourth-order valence-electron chi connectivity index (χ4n) is 3.93. The first-order valence-corrected chi connectivity index (χ1v) is 10.5. The van der Waals surface area contributed by atoms with Gasteiger partial charge in [0.1, 0.15) is 11.2 Å². The summed E-state index contributed by atoms with van der Waals surface area (Å²) in [6.45, 7) is 0.779. The number of ether oxygens (including phenoxy) is 1. The van der Waals surface area contributed by atoms with Gasteiger partial charge in [-0.1, -0.05) is 12.1 Å². The summed E-state index contributed by atoms with van der Waals surface area (Å²) < 4.78 is 33.6. The number of aliphatic hydroxyl groups is 1. The van der Waals surface area contributed by atoms with Crippen LogP contribution in [-0.2, 0) is 21.4 Å². The van der Waals surface area contributed by atoms with Crippen LogP contribution in [0.15, 0.2) is 24.3 Å². The Labute approximate surface area is 159 Å². The van der Waals surface area contributed by atoms with Gasteiger partial charge in [-0.05, 0) is 43.4 Å². The molecule has 9 heteroatoms. The number of carbonyl (C=O) groups is 1. The molecular formula is C18H26N2O6S. The highest BCUT2D eigenvalue weighted by molar-refractivity contribution is 7.86. The zero-order valence-corrected chi connectivity index (χ0v) is 16.2. The molecule has 0 amide bonds. The number of aliphatic hydroxyl groups excluding tert-OH is 1. The highest BCUT2D eigenvalue weighted by Gasteiger charge is 2.52. The molecule has 2 aliphatic heterocycles. The molecule has 2 aliphatic rings. The molecule has 2 heterocycles. The molecule has 2 atom stereocenters. The molecule has 2 saturated heterocycles. The Morgan fingerprint density at radius 2 is 1.96 bits per heavy atom. The average Bonchev–Trinajstić information content (AvgIpc) is 3.19. The number of methoxy groups -OCH3 is 1. The lowest BCUT2D eigenvalue weighted by Crippen LogP contribution is -2.60. The third kappa shape index (κ3) is 3.82. The summed E-state index contributed by atoms with van der Waals surface area (Å²) in [6, 6.07) is 6.97. The van der Waals surface area contributed by atoms with Crippen molar-refractivity contribution in [1.29, 1.82) is 0 Å². The van der Waals surface area contributed by atoms with Gasteiger partial charge in [-0.2, -0.15) is 17.0 Å². The van der Waals surface area contributed by atoms with E-state index < -0.39 is 27.7 Å². The second kappa shape index (κ2) is 7.75. The van der Waals surface area contributed by atoms with Crippen molar-refractivity contribution < 1.29 is 28.2 Å². The third-order valence-corrected chi connectivity index (χ3v) is 7.53. The Kier molecular flexibility index (Phi) is 5.76. The molecule has 1 aromatic rings. The third-order valence-electron chi connectivity index (χ3n) is 5.55. The molecule has 27 heavy (non-hydrogen) atoms. The van der Waals surface area contributed by atoms with Crippen LogP contribution in [0.25, 0.3) is 0 Å². The minimum absolute atomic E-state index is 0.0206. The van der Waals surface area contributed by atoms with E-state index in [9.17, 15) is 23.4 Å². The number of aliphatic carboxylic acids is 1. The van der Waals surface area contributed by atoms with E-state index in [1.165, 1.54) is 15.7 Å². The maximum Gasteiger partial charge on any atom is 0.313 e. The van der Waals surface area contributed by atoms with Crippen LogP contribution < -0.4 is 4.74 Å². The SMILES string of the molecule is COc1cccc(C[C@@]2(C(=O)O)CN(S(=O)(=O)N3CCCC3)CC[C@H]2O)c1. The number of carboxylic acids is 1. The number of carboxylic acid groups (broad SMARTS) is 1. The largest absolute Gasteiger partial charge is 0.497 e. The van der Waals surface area contributed by atoms with E-state index >= 15 is 0 Å². The highest BCUT2D eigenvalue weighted by atomic mass is 32.2. The Bertz CT molecular complexity index is 793. The molecular weight excluding hydrogens is 372 g/mol. The van der Waals surface area contributed by atoms with Crippen LogP contribution in [0.4, 0.5) is 0 Å². The normalized spacial score (nSPS) is 27.6. The molecule has 2 fully saturated rings. The first kappa shape index (κ1) is 20.1. The first-order valence-electron chi connectivity index (χ1n) is 9.09. The average molecular weight is 398 g/mol. The lowest BCUT2D eigenvalue weighted by molar-refractivity contribution is -0.160. The van der Waals surface area contributed by atoms with Crippen LogP contribution >= 0.6 is 0 Å². The summed E-state index contributed by atoms with van der Waals surface area (Å²) in [6.07, 6.45) is 0.592. The van der Waals surface area contributed by atoms with E-state index in [-0.39, 0.29) is 25.9 Å². The molecule has 8 nitrogen and oxygen atoms in total. The molecule has 0 unspecified atom stereocenters. The van der Waals surface area contributed by atoms with Crippen molar-refractivity contribution in [3.8, 4) is 5.75 Å². The zero-order valence-electron chi connectivity index (χ0n) is 15.4. The monoisotopic (exact) mass is 398 g/mol. The summed E-state index contributed by atoms with van der Waals surface area (Å²) in [5.74, 6) is -0.612. The minimum Gasteiger partial charge on any atom is -0.497 e. The van der Waals surface area contributed by atoms with Crippen LogP contribution in [0.1, 0.15) is 24.8 Å². The topological polar surface area (TPSA) is 107 Å². The van der Waals surface area contributed by atoms with Gasteiger partial charge in [0.15, 0.2) is 0 Å². The molecule has 0 aromatic heterocycles. The summed E-state index contributed by atoms with van der Waals surface area (Å²) in [4.78, 5) is 12.2. The molecule has 150 valence electrons. The predicted octanol–water partition coefficient (Wildman–Crippen LogP) is 0.716. The molecule has 1 aromatic carbocycles. The second-order valence-corrected chi connectivity index (χ2v) is 9.17. The lowest BCUT2D eigenvalue weighted by atomic mass is 9.73. The standard InChI is InChI=1S/C18H26N2O6S/c1-26-15-6-4-5-14(11-15)12-18(17(22)23)13-20(10-7-16(18)21)27(24,25)19-8-2-3-9-19/h4-6,11,16,21H,2-3,7-10,12-13H2,1H3,(H,22,23)/t16-,18-/m1/s1. The van der Waals surface area contributed by atoms with Crippen LogP contribution in [-0.4, -0.2) is 72.6 Å². The molecule has 0 aliphatic carbocycles. The van der Waals surface area contributed by atoms with Crippen LogP contribution in [0.5, 0.6) is 5.75 Å². The van der Waals surface area contributed by atoms with E-state index in [4.69, 9.17) is 4.74 Å².